The van der Waals surface area contributed by atoms with Crippen molar-refractivity contribution in [1.82, 2.24) is 0 Å². The number of amides is 2. The second kappa shape index (κ2) is 13.2. The number of phenolic OH excluding ortho intramolecular Hbond substituents is 1. The average Bonchev–Trinajstić information content (AvgIpc) is 3.48. The Morgan fingerprint density at radius 1 is 0.796 bits per heavy atom. The van der Waals surface area contributed by atoms with E-state index in [1.807, 2.05) is 97.1 Å². The maximum Gasteiger partial charge on any atom is 0.238 e. The molecule has 0 aromatic heterocycles. The van der Waals surface area contributed by atoms with Crippen molar-refractivity contribution in [1.29, 1.82) is 0 Å². The van der Waals surface area contributed by atoms with Crippen LogP contribution in [-0.4, -0.2) is 61.9 Å². The predicted molar refractivity (Wildman–Crippen MR) is 203 cm³/mol. The van der Waals surface area contributed by atoms with Gasteiger partial charge in [-0.2, -0.15) is 0 Å². The van der Waals surface area contributed by atoms with Crippen molar-refractivity contribution in [2.24, 2.45) is 23.7 Å². The Labute approximate surface area is 313 Å². The van der Waals surface area contributed by atoms with Crippen molar-refractivity contribution in [3.05, 3.63) is 138 Å². The number of imide groups is 1. The first kappa shape index (κ1) is 34.0. The molecule has 5 aliphatic rings. The van der Waals surface area contributed by atoms with E-state index in [1.165, 1.54) is 18.1 Å². The third-order valence-corrected chi connectivity index (χ3v) is 12.4. The molecule has 6 unspecified atom stereocenters. The minimum absolute atomic E-state index is 0.0971. The fourth-order valence-corrected chi connectivity index (χ4v) is 10.0. The fourth-order valence-electron chi connectivity index (χ4n) is 10.0. The number of anilines is 2. The van der Waals surface area contributed by atoms with Crippen molar-refractivity contribution < 1.29 is 33.8 Å². The highest BCUT2D eigenvalue weighted by atomic mass is 16.5. The van der Waals surface area contributed by atoms with E-state index >= 15 is 9.59 Å². The number of hydrogen-bond donors (Lipinski definition) is 1. The number of morpholine rings is 1. The monoisotopic (exact) mass is 720 g/mol. The number of hydrogen-bond acceptors (Lipinski definition) is 8. The first-order chi connectivity index (χ1) is 26.3. The van der Waals surface area contributed by atoms with Gasteiger partial charge in [-0.05, 0) is 77.9 Å². The van der Waals surface area contributed by atoms with Gasteiger partial charge in [0.2, 0.25) is 11.8 Å². The predicted octanol–water partition coefficient (Wildman–Crippen LogP) is 6.27. The minimum atomic E-state index is -1.38. The zero-order chi connectivity index (χ0) is 37.1. The Morgan fingerprint density at radius 2 is 1.48 bits per heavy atom. The van der Waals surface area contributed by atoms with Gasteiger partial charge in [0.05, 0.1) is 43.3 Å². The molecule has 4 aromatic rings. The second-order valence-corrected chi connectivity index (χ2v) is 14.8. The first-order valence-corrected chi connectivity index (χ1v) is 18.6. The molecule has 1 saturated carbocycles. The van der Waals surface area contributed by atoms with Crippen LogP contribution >= 0.6 is 0 Å². The van der Waals surface area contributed by atoms with Gasteiger partial charge < -0.3 is 19.5 Å². The number of aromatic hydroxyl groups is 1. The number of ketones is 2. The van der Waals surface area contributed by atoms with Gasteiger partial charge in [0.15, 0.2) is 23.1 Å². The zero-order valence-electron chi connectivity index (χ0n) is 29.9. The Hall–Kier alpha value is -5.80. The van der Waals surface area contributed by atoms with Crippen LogP contribution in [0.2, 0.25) is 0 Å². The molecule has 9 heteroatoms. The summed E-state index contributed by atoms with van der Waals surface area (Å²) in [5.41, 5.74) is 3.28. The number of phenols is 1. The van der Waals surface area contributed by atoms with Gasteiger partial charge in [0.25, 0.3) is 0 Å². The number of nitrogens with zero attached hydrogens (tertiary/aromatic N) is 2. The summed E-state index contributed by atoms with van der Waals surface area (Å²) in [5.74, 6) is -4.21. The molecule has 1 N–H and O–H groups in total. The number of ether oxygens (including phenoxy) is 2. The van der Waals surface area contributed by atoms with Crippen LogP contribution < -0.4 is 14.5 Å². The summed E-state index contributed by atoms with van der Waals surface area (Å²) >= 11 is 0. The summed E-state index contributed by atoms with van der Waals surface area (Å²) in [6, 6.07) is 31.3. The molecule has 0 spiro atoms. The van der Waals surface area contributed by atoms with Crippen molar-refractivity contribution in [2.75, 3.05) is 43.2 Å². The third-order valence-electron chi connectivity index (χ3n) is 12.4. The maximum atomic E-state index is 15.2. The third kappa shape index (κ3) is 5.09. The van der Waals surface area contributed by atoms with Crippen molar-refractivity contribution in [2.45, 2.75) is 24.2 Å². The van der Waals surface area contributed by atoms with Crippen molar-refractivity contribution >= 4 is 40.3 Å². The topological polar surface area (TPSA) is 113 Å². The molecule has 0 radical (unpaired) electrons. The molecule has 2 aliphatic heterocycles. The van der Waals surface area contributed by atoms with E-state index in [2.05, 4.69) is 4.90 Å². The molecule has 9 rings (SSSR count). The summed E-state index contributed by atoms with van der Waals surface area (Å²) in [4.78, 5) is 62.9. The van der Waals surface area contributed by atoms with E-state index in [0.29, 0.717) is 47.6 Å². The van der Waals surface area contributed by atoms with Crippen LogP contribution in [0.15, 0.2) is 121 Å². The molecule has 272 valence electrons. The van der Waals surface area contributed by atoms with E-state index in [0.717, 1.165) is 24.4 Å². The number of fused-ring (bicyclic) bond motifs is 4. The van der Waals surface area contributed by atoms with Crippen LogP contribution in [0.3, 0.4) is 0 Å². The zero-order valence-corrected chi connectivity index (χ0v) is 29.9. The lowest BCUT2D eigenvalue weighted by Gasteiger charge is -2.55. The Morgan fingerprint density at radius 3 is 2.17 bits per heavy atom. The van der Waals surface area contributed by atoms with Crippen LogP contribution in [0.5, 0.6) is 11.5 Å². The molecule has 2 heterocycles. The number of carbonyl (C=O) groups excluding carboxylic acids is 4. The Bertz CT molecular complexity index is 2230. The fraction of sp³-hybridized carbons (Fsp3) is 0.289. The van der Waals surface area contributed by atoms with Gasteiger partial charge in [0, 0.05) is 36.2 Å². The summed E-state index contributed by atoms with van der Waals surface area (Å²) in [6.07, 6.45) is 4.04. The number of benzene rings is 4. The first-order valence-electron chi connectivity index (χ1n) is 18.6. The SMILES string of the molecule is COc1ccc(C2C3=CCC4C(=O)N(c5ccc(N6CCOCC6)cc5)C(=O)C4C3CC3C(=O)C(c4ccccc4)=CC(=O)C32c2ccccc2)cc1O. The standard InChI is InChI=1S/C45H40N2O7/c1-53-38-19-12-28(24-37(38)48)41-32-17-18-33-40(44(52)47(43(33)51)31-15-13-30(14-16-31)46-20-22-54-23-21-46)35(32)25-36-42(50)34(27-8-4-2-5-9-27)26-39(49)45(36,41)29-10-6-3-7-11-29/h2-17,19,24,26,33,35-36,40-41,48H,18,20-23,25H2,1H3. The maximum absolute atomic E-state index is 15.2. The Balaban J connectivity index is 1.19. The summed E-state index contributed by atoms with van der Waals surface area (Å²) < 4.78 is 10.9. The van der Waals surface area contributed by atoms with Gasteiger partial charge in [-0.3, -0.25) is 24.1 Å². The van der Waals surface area contributed by atoms with Crippen molar-refractivity contribution in [3.63, 3.8) is 0 Å². The molecule has 6 atom stereocenters. The molecule has 9 nitrogen and oxygen atoms in total. The van der Waals surface area contributed by atoms with Gasteiger partial charge >= 0.3 is 0 Å². The van der Waals surface area contributed by atoms with E-state index in [-0.39, 0.29) is 41.3 Å². The molecular weight excluding hydrogens is 681 g/mol. The largest absolute Gasteiger partial charge is 0.504 e. The lowest BCUT2D eigenvalue weighted by atomic mass is 9.44. The summed E-state index contributed by atoms with van der Waals surface area (Å²) in [5, 5.41) is 11.1. The van der Waals surface area contributed by atoms with Gasteiger partial charge in [0.1, 0.15) is 0 Å². The smallest absolute Gasteiger partial charge is 0.238 e. The lowest BCUT2D eigenvalue weighted by Crippen LogP contribution is -2.58. The summed E-state index contributed by atoms with van der Waals surface area (Å²) in [7, 11) is 1.47. The highest BCUT2D eigenvalue weighted by Crippen LogP contribution is 2.64. The highest BCUT2D eigenvalue weighted by molar-refractivity contribution is 6.32. The van der Waals surface area contributed by atoms with E-state index in [4.69, 9.17) is 9.47 Å². The van der Waals surface area contributed by atoms with Gasteiger partial charge in [-0.1, -0.05) is 78.4 Å². The van der Waals surface area contributed by atoms with Crippen LogP contribution in [-0.2, 0) is 29.3 Å². The van der Waals surface area contributed by atoms with Gasteiger partial charge in [-0.25, -0.2) is 0 Å². The van der Waals surface area contributed by atoms with Crippen LogP contribution in [0.4, 0.5) is 11.4 Å². The van der Waals surface area contributed by atoms with Gasteiger partial charge in [-0.15, -0.1) is 0 Å². The lowest BCUT2D eigenvalue weighted by molar-refractivity contribution is -0.135. The average molecular weight is 721 g/mol. The van der Waals surface area contributed by atoms with Crippen LogP contribution in [0.1, 0.15) is 35.4 Å². The number of carbonyl (C=O) groups is 4. The molecular formula is C45H40N2O7. The van der Waals surface area contributed by atoms with Crippen molar-refractivity contribution in [3.8, 4) is 11.5 Å². The van der Waals surface area contributed by atoms with Crippen LogP contribution in [0, 0.1) is 23.7 Å². The molecule has 3 fully saturated rings. The number of rotatable bonds is 6. The van der Waals surface area contributed by atoms with Crippen LogP contribution in [0.25, 0.3) is 5.57 Å². The second-order valence-electron chi connectivity index (χ2n) is 14.8. The quantitative estimate of drug-likeness (QED) is 0.183. The molecule has 2 saturated heterocycles. The Kier molecular flexibility index (Phi) is 8.34. The molecule has 3 aliphatic carbocycles. The molecule has 0 bridgehead atoms. The number of allylic oxidation sites excluding steroid dienone is 4. The van der Waals surface area contributed by atoms with E-state index < -0.39 is 35.0 Å². The molecule has 4 aromatic carbocycles. The minimum Gasteiger partial charge on any atom is -0.504 e. The number of Topliss-reactive ketones (excluding diaryl/α,β-unsaturated/α-hetero) is 1. The number of methoxy groups -OCH3 is 1. The van der Waals surface area contributed by atoms with E-state index in [9.17, 15) is 14.7 Å². The summed E-state index contributed by atoms with van der Waals surface area (Å²) in [6.45, 7) is 2.82. The van der Waals surface area contributed by atoms with E-state index in [1.54, 1.807) is 12.1 Å². The highest BCUT2D eigenvalue weighted by Gasteiger charge is 2.66. The normalized spacial score (nSPS) is 27.8. The molecule has 54 heavy (non-hydrogen) atoms. The molecule has 2 amide bonds.